The smallest absolute Gasteiger partial charge is 0.251 e. The van der Waals surface area contributed by atoms with Gasteiger partial charge in [-0.1, -0.05) is 12.1 Å². The van der Waals surface area contributed by atoms with Crippen LogP contribution in [0.4, 0.5) is 4.39 Å². The van der Waals surface area contributed by atoms with Crippen molar-refractivity contribution in [2.45, 2.75) is 50.1 Å². The van der Waals surface area contributed by atoms with Gasteiger partial charge in [-0.05, 0) is 81.1 Å². The van der Waals surface area contributed by atoms with E-state index in [1.807, 2.05) is 12.1 Å². The number of nitrogens with one attached hydrogen (secondary N) is 2. The van der Waals surface area contributed by atoms with Crippen molar-refractivity contribution in [2.24, 2.45) is 0 Å². The van der Waals surface area contributed by atoms with E-state index < -0.39 is 27.6 Å². The maximum absolute atomic E-state index is 13.3. The molecule has 2 fully saturated rings. The number of carbonyl (C=O) groups is 2. The van der Waals surface area contributed by atoms with E-state index in [4.69, 9.17) is 4.74 Å². The van der Waals surface area contributed by atoms with Crippen LogP contribution in [0.2, 0.25) is 0 Å². The van der Waals surface area contributed by atoms with Crippen LogP contribution < -0.4 is 15.4 Å². The lowest BCUT2D eigenvalue weighted by Gasteiger charge is -2.30. The van der Waals surface area contributed by atoms with Gasteiger partial charge in [-0.25, -0.2) is 12.8 Å². The molecular formula is C28H36FN3O5S. The second-order valence-electron chi connectivity index (χ2n) is 10.4. The molecular weight excluding hydrogens is 509 g/mol. The third-order valence-corrected chi connectivity index (χ3v) is 9.18. The van der Waals surface area contributed by atoms with Crippen LogP contribution in [-0.4, -0.2) is 75.0 Å². The predicted octanol–water partition coefficient (Wildman–Crippen LogP) is 2.90. The fourth-order valence-electron chi connectivity index (χ4n) is 4.98. The zero-order valence-electron chi connectivity index (χ0n) is 21.9. The highest BCUT2D eigenvalue weighted by Crippen LogP contribution is 2.51. The average Bonchev–Trinajstić information content (AvgIpc) is 3.58. The first-order chi connectivity index (χ1) is 18.1. The molecule has 3 atom stereocenters. The highest BCUT2D eigenvalue weighted by Gasteiger charge is 2.50. The number of ether oxygens (including phenoxy) is 1. The molecule has 2 aromatic carbocycles. The molecule has 206 valence electrons. The SMILES string of the molecule is COc1ccc(C2CC2(C)NCCCCC(NC(=O)c2ccc(F)cc2)C(=O)N2CCS(=O)(=O)CC2)cc1. The Labute approximate surface area is 223 Å². The van der Waals surface area contributed by atoms with Crippen LogP contribution in [0.5, 0.6) is 5.75 Å². The lowest BCUT2D eigenvalue weighted by atomic mass is 10.1. The molecule has 0 bridgehead atoms. The Bertz CT molecular complexity index is 1220. The van der Waals surface area contributed by atoms with Crippen molar-refractivity contribution >= 4 is 21.7 Å². The number of rotatable bonds is 11. The van der Waals surface area contributed by atoms with Gasteiger partial charge in [0.1, 0.15) is 17.6 Å². The lowest BCUT2D eigenvalue weighted by molar-refractivity contribution is -0.133. The van der Waals surface area contributed by atoms with Crippen molar-refractivity contribution in [3.05, 3.63) is 65.5 Å². The molecule has 1 saturated heterocycles. The molecule has 2 N–H and O–H groups in total. The van der Waals surface area contributed by atoms with Crippen LogP contribution >= 0.6 is 0 Å². The zero-order chi connectivity index (χ0) is 27.3. The van der Waals surface area contributed by atoms with Gasteiger partial charge in [-0.15, -0.1) is 0 Å². The van der Waals surface area contributed by atoms with E-state index in [-0.39, 0.29) is 41.6 Å². The number of hydrogen-bond acceptors (Lipinski definition) is 6. The van der Waals surface area contributed by atoms with E-state index in [0.717, 1.165) is 25.1 Å². The van der Waals surface area contributed by atoms with Crippen molar-refractivity contribution < 1.29 is 27.1 Å². The number of unbranched alkanes of at least 4 members (excludes halogenated alkanes) is 1. The van der Waals surface area contributed by atoms with Gasteiger partial charge in [-0.2, -0.15) is 0 Å². The Morgan fingerprint density at radius 2 is 1.74 bits per heavy atom. The maximum atomic E-state index is 13.3. The molecule has 1 aliphatic carbocycles. The molecule has 10 heteroatoms. The third-order valence-electron chi connectivity index (χ3n) is 7.57. The summed E-state index contributed by atoms with van der Waals surface area (Å²) >= 11 is 0. The number of nitrogens with zero attached hydrogens (tertiary/aromatic N) is 1. The van der Waals surface area contributed by atoms with Crippen molar-refractivity contribution in [1.82, 2.24) is 15.5 Å². The Morgan fingerprint density at radius 1 is 1.08 bits per heavy atom. The van der Waals surface area contributed by atoms with Crippen LogP contribution in [0.3, 0.4) is 0 Å². The standard InChI is InChI=1S/C28H36FN3O5S/c1-28(19-24(28)20-8-12-23(37-2)13-9-20)30-14-4-3-5-25(27(34)32-15-17-38(35,36)18-16-32)31-26(33)21-6-10-22(29)11-7-21/h6-13,24-25,30H,3-5,14-19H2,1-2H3,(H,31,33). The summed E-state index contributed by atoms with van der Waals surface area (Å²) in [7, 11) is -1.48. The van der Waals surface area contributed by atoms with Gasteiger partial charge < -0.3 is 20.3 Å². The number of carbonyl (C=O) groups excluding carboxylic acids is 2. The van der Waals surface area contributed by atoms with Gasteiger partial charge in [0.2, 0.25) is 5.91 Å². The quantitative estimate of drug-likeness (QED) is 0.421. The summed E-state index contributed by atoms with van der Waals surface area (Å²) in [6.45, 7) is 3.23. The molecule has 0 radical (unpaired) electrons. The largest absolute Gasteiger partial charge is 0.497 e. The van der Waals surface area contributed by atoms with E-state index in [1.165, 1.54) is 34.7 Å². The highest BCUT2D eigenvalue weighted by atomic mass is 32.2. The van der Waals surface area contributed by atoms with Gasteiger partial charge in [0, 0.05) is 30.1 Å². The van der Waals surface area contributed by atoms with E-state index in [1.54, 1.807) is 7.11 Å². The van der Waals surface area contributed by atoms with Crippen molar-refractivity contribution in [3.63, 3.8) is 0 Å². The molecule has 0 aromatic heterocycles. The Hall–Kier alpha value is -2.98. The minimum Gasteiger partial charge on any atom is -0.497 e. The van der Waals surface area contributed by atoms with Gasteiger partial charge >= 0.3 is 0 Å². The fraction of sp³-hybridized carbons (Fsp3) is 0.500. The van der Waals surface area contributed by atoms with Gasteiger partial charge in [0.25, 0.3) is 5.91 Å². The monoisotopic (exact) mass is 545 g/mol. The van der Waals surface area contributed by atoms with E-state index >= 15 is 0 Å². The van der Waals surface area contributed by atoms with E-state index in [0.29, 0.717) is 18.8 Å². The van der Waals surface area contributed by atoms with Gasteiger partial charge in [0.05, 0.1) is 18.6 Å². The van der Waals surface area contributed by atoms with Gasteiger partial charge in [0.15, 0.2) is 9.84 Å². The number of sulfone groups is 1. The summed E-state index contributed by atoms with van der Waals surface area (Å²) in [5.74, 6) is -0.0606. The maximum Gasteiger partial charge on any atom is 0.251 e. The Morgan fingerprint density at radius 3 is 2.37 bits per heavy atom. The minimum absolute atomic E-state index is 0.0277. The number of amides is 2. The summed E-state index contributed by atoms with van der Waals surface area (Å²) in [5, 5.41) is 6.44. The third kappa shape index (κ3) is 7.11. The van der Waals surface area contributed by atoms with Crippen molar-refractivity contribution in [1.29, 1.82) is 0 Å². The first-order valence-electron chi connectivity index (χ1n) is 13.0. The second-order valence-corrected chi connectivity index (χ2v) is 12.7. The molecule has 2 amide bonds. The molecule has 3 unspecified atom stereocenters. The zero-order valence-corrected chi connectivity index (χ0v) is 22.7. The number of benzene rings is 2. The summed E-state index contributed by atoms with van der Waals surface area (Å²) in [5.41, 5.74) is 1.57. The molecule has 0 spiro atoms. The van der Waals surface area contributed by atoms with Crippen LogP contribution in [0.15, 0.2) is 48.5 Å². The first-order valence-corrected chi connectivity index (χ1v) is 14.9. The molecule has 2 aliphatic rings. The number of hydrogen-bond donors (Lipinski definition) is 2. The lowest BCUT2D eigenvalue weighted by Crippen LogP contribution is -2.52. The molecule has 4 rings (SSSR count). The van der Waals surface area contributed by atoms with E-state index in [2.05, 4.69) is 29.7 Å². The van der Waals surface area contributed by atoms with Crippen LogP contribution in [0.1, 0.15) is 54.4 Å². The highest BCUT2D eigenvalue weighted by molar-refractivity contribution is 7.91. The van der Waals surface area contributed by atoms with Crippen molar-refractivity contribution in [2.75, 3.05) is 38.2 Å². The molecule has 1 aliphatic heterocycles. The predicted molar refractivity (Wildman–Crippen MR) is 143 cm³/mol. The van der Waals surface area contributed by atoms with Crippen LogP contribution in [0, 0.1) is 5.82 Å². The normalized spacial score (nSPS) is 22.9. The summed E-state index contributed by atoms with van der Waals surface area (Å²) in [4.78, 5) is 27.5. The topological polar surface area (TPSA) is 105 Å². The molecule has 38 heavy (non-hydrogen) atoms. The molecule has 1 heterocycles. The van der Waals surface area contributed by atoms with E-state index in [9.17, 15) is 22.4 Å². The van der Waals surface area contributed by atoms with Crippen LogP contribution in [0.25, 0.3) is 0 Å². The van der Waals surface area contributed by atoms with Crippen LogP contribution in [-0.2, 0) is 14.6 Å². The molecule has 1 saturated carbocycles. The summed E-state index contributed by atoms with van der Waals surface area (Å²) in [6.07, 6.45) is 2.99. The first kappa shape index (κ1) is 28.0. The molecule has 2 aromatic rings. The van der Waals surface area contributed by atoms with Crippen molar-refractivity contribution in [3.8, 4) is 5.75 Å². The second kappa shape index (κ2) is 11.8. The number of methoxy groups -OCH3 is 1. The Balaban J connectivity index is 1.29. The average molecular weight is 546 g/mol. The Kier molecular flexibility index (Phi) is 8.72. The summed E-state index contributed by atoms with van der Waals surface area (Å²) in [6, 6.07) is 12.5. The minimum atomic E-state index is -3.14. The summed E-state index contributed by atoms with van der Waals surface area (Å²) < 4.78 is 42.1. The van der Waals surface area contributed by atoms with Gasteiger partial charge in [-0.3, -0.25) is 9.59 Å². The molecule has 8 nitrogen and oxygen atoms in total. The fourth-order valence-corrected chi connectivity index (χ4v) is 6.18. The number of halogens is 1.